The molecule has 0 aliphatic rings. The van der Waals surface area contributed by atoms with E-state index in [-0.39, 0.29) is 31.0 Å². The first-order chi connectivity index (χ1) is 3.18. The molecule has 0 rings (SSSR count). The Kier molecular flexibility index (Phi) is 7.95. The molecule has 0 amide bonds. The van der Waals surface area contributed by atoms with E-state index in [1.807, 2.05) is 0 Å². The summed E-state index contributed by atoms with van der Waals surface area (Å²) in [7, 11) is 0. The van der Waals surface area contributed by atoms with Gasteiger partial charge < -0.3 is 5.61 Å². The summed E-state index contributed by atoms with van der Waals surface area (Å²) < 4.78 is 3.72. The third-order valence-electron chi connectivity index (χ3n) is 0.370. The summed E-state index contributed by atoms with van der Waals surface area (Å²) in [4.78, 5) is 19.7. The molecule has 0 fully saturated rings. The van der Waals surface area contributed by atoms with E-state index in [1.165, 1.54) is 0 Å². The summed E-state index contributed by atoms with van der Waals surface area (Å²) in [5.41, 5.74) is 0. The van der Waals surface area contributed by atoms with Crippen molar-refractivity contribution in [3.05, 3.63) is 0 Å². The van der Waals surface area contributed by atoms with Gasteiger partial charge in [-0.1, -0.05) is 0 Å². The number of carbonyl (C=O) groups is 2. The molecule has 0 bridgehead atoms. The molecule has 0 saturated heterocycles. The maximum atomic E-state index is 9.86. The number of hydrogen-bond acceptors (Lipinski definition) is 4. The number of Topliss-reactive ketones (excluding diaryl/α,β-unsaturated/α-hetero) is 1. The third-order valence-corrected chi connectivity index (χ3v) is 0.536. The van der Waals surface area contributed by atoms with Crippen molar-refractivity contribution in [2.45, 2.75) is 6.92 Å². The Morgan fingerprint density at radius 2 is 2.00 bits per heavy atom. The quantitative estimate of drug-likeness (QED) is 0.185. The summed E-state index contributed by atoms with van der Waals surface area (Å²) in [6, 6.07) is 0. The van der Waals surface area contributed by atoms with Gasteiger partial charge in [0.1, 0.15) is 0 Å². The van der Waals surface area contributed by atoms with Crippen molar-refractivity contribution in [2.75, 3.05) is 0 Å². The fraction of sp³-hybridized carbons (Fsp3) is 0.333. The van der Waals surface area contributed by atoms with Gasteiger partial charge in [-0.2, -0.15) is 0 Å². The zero-order chi connectivity index (χ0) is 5.86. The second kappa shape index (κ2) is 5.62. The molecule has 0 atom stereocenters. The Bertz CT molecular complexity index is 107. The first-order valence-electron chi connectivity index (χ1n) is 1.54. The number of rotatable bonds is 1. The van der Waals surface area contributed by atoms with E-state index in [4.69, 9.17) is 0 Å². The zero-order valence-electron chi connectivity index (χ0n) is 5.67. The van der Waals surface area contributed by atoms with Crippen molar-refractivity contribution in [2.24, 2.45) is 0 Å². The van der Waals surface area contributed by atoms with Crippen LogP contribution in [0.5, 0.6) is 0 Å². The average Bonchev–Trinajstić information content (AvgIpc) is 1.65. The molecule has 0 spiro atoms. The first-order valence-corrected chi connectivity index (χ1v) is 1.91. The van der Waals surface area contributed by atoms with E-state index >= 15 is 0 Å². The number of ketones is 1. The molecule has 5 heteroatoms. The van der Waals surface area contributed by atoms with Gasteiger partial charge in [0.15, 0.2) is 0 Å². The maximum Gasteiger partial charge on any atom is 1.00 e. The van der Waals surface area contributed by atoms with Crippen LogP contribution in [0.25, 0.3) is 0 Å². The van der Waals surface area contributed by atoms with E-state index in [0.717, 1.165) is 6.92 Å². The number of thiol groups is 1. The molecule has 3 nitrogen and oxygen atoms in total. The number of carbonyl (C=O) groups excluding carboxylic acids is 2. The molecule has 0 unspecified atom stereocenters. The monoisotopic (exact) mass is 144 g/mol. The average molecular weight is 144 g/mol. The Hall–Kier alpha value is 0.490. The molecule has 0 heterocycles. The Morgan fingerprint density at radius 3 is 2.00 bits per heavy atom. The molecule has 42 valence electrons. The zero-order valence-corrected chi connectivity index (χ0v) is 7.57. The van der Waals surface area contributed by atoms with Gasteiger partial charge >= 0.3 is 35.5 Å². The van der Waals surface area contributed by atoms with Gasteiger partial charge in [-0.15, -0.1) is 0 Å². The first kappa shape index (κ1) is 11.3. The molecular weight excluding hydrogens is 139 g/mol. The van der Waals surface area contributed by atoms with Crippen molar-refractivity contribution in [3.8, 4) is 0 Å². The van der Waals surface area contributed by atoms with Gasteiger partial charge in [-0.05, 0) is 0 Å². The van der Waals surface area contributed by atoms with Gasteiger partial charge in [-0.25, -0.2) is 4.79 Å². The Labute approximate surface area is 76.2 Å². The topological polar surface area (TPSA) is 43.4 Å². The summed E-state index contributed by atoms with van der Waals surface area (Å²) in [6.07, 6.45) is 0. The molecule has 0 radical (unpaired) electrons. The van der Waals surface area contributed by atoms with Crippen LogP contribution in [0.2, 0.25) is 0 Å². The van der Waals surface area contributed by atoms with E-state index in [2.05, 4.69) is 17.1 Å². The smallest absolute Gasteiger partial charge is 1.00 e. The molecule has 0 aliphatic carbocycles. The van der Waals surface area contributed by atoms with Crippen LogP contribution in [0.15, 0.2) is 0 Å². The maximum absolute atomic E-state index is 9.86. The van der Waals surface area contributed by atoms with Crippen LogP contribution in [0, 0.1) is 0 Å². The van der Waals surface area contributed by atoms with E-state index < -0.39 is 11.8 Å². The van der Waals surface area contributed by atoms with Crippen molar-refractivity contribution in [1.29, 1.82) is 0 Å². The minimum atomic E-state index is -0.927. The summed E-state index contributed by atoms with van der Waals surface area (Å²) in [6.45, 7) is 1.11. The minimum Gasteiger partial charge on any atom is -1.00 e. The molecule has 0 aromatic carbocycles. The molecule has 8 heavy (non-hydrogen) atoms. The van der Waals surface area contributed by atoms with E-state index in [0.29, 0.717) is 0 Å². The Morgan fingerprint density at radius 1 is 1.62 bits per heavy atom. The van der Waals surface area contributed by atoms with Gasteiger partial charge in [0, 0.05) is 19.8 Å². The molecule has 0 aromatic heterocycles. The van der Waals surface area contributed by atoms with Crippen LogP contribution in [-0.4, -0.2) is 11.8 Å². The second-order valence-corrected chi connectivity index (χ2v) is 1.12. The fourth-order valence-electron chi connectivity index (χ4n) is 0.0643. The summed E-state index contributed by atoms with van der Waals surface area (Å²) >= 11 is 3.08. The molecule has 0 N–H and O–H groups in total. The predicted molar refractivity (Wildman–Crippen MR) is 26.9 cm³/mol. The molecular formula is C3H5NaO3S. The van der Waals surface area contributed by atoms with Gasteiger partial charge in [0.05, 0.1) is 0 Å². The second-order valence-electron chi connectivity index (χ2n) is 0.935. The van der Waals surface area contributed by atoms with Crippen molar-refractivity contribution in [3.63, 3.8) is 0 Å². The van der Waals surface area contributed by atoms with Gasteiger partial charge in [0.25, 0.3) is 0 Å². The van der Waals surface area contributed by atoms with Crippen LogP contribution < -0.4 is 29.6 Å². The normalized spacial score (nSPS) is 6.75. The minimum absolute atomic E-state index is 0. The molecule has 0 aromatic rings. The van der Waals surface area contributed by atoms with Crippen LogP contribution in [0.4, 0.5) is 0 Å². The van der Waals surface area contributed by atoms with Crippen molar-refractivity contribution < 1.29 is 44.8 Å². The number of hydrogen-bond donors (Lipinski definition) is 1. The van der Waals surface area contributed by atoms with E-state index in [1.54, 1.807) is 0 Å². The van der Waals surface area contributed by atoms with E-state index in [9.17, 15) is 9.59 Å². The molecule has 0 saturated carbocycles. The van der Waals surface area contributed by atoms with Gasteiger partial charge in [-0.3, -0.25) is 4.79 Å². The SMILES string of the molecule is CC(=O)C(=O)OS.[H-].[Na+]. The van der Waals surface area contributed by atoms with Crippen LogP contribution in [0.3, 0.4) is 0 Å². The molecule has 0 aliphatic heterocycles. The summed E-state index contributed by atoms with van der Waals surface area (Å²) in [5, 5.41) is 0. The standard InChI is InChI=1S/C3H4O3S.Na.H/c1-2(4)3(5)6-7;;/h7H,1H3;;/q;+1;-1. The predicted octanol–water partition coefficient (Wildman–Crippen LogP) is -2.92. The third kappa shape index (κ3) is 4.64. The van der Waals surface area contributed by atoms with Crippen LogP contribution >= 0.6 is 12.9 Å². The van der Waals surface area contributed by atoms with Crippen LogP contribution in [0.1, 0.15) is 8.35 Å². The van der Waals surface area contributed by atoms with Crippen LogP contribution in [-0.2, 0) is 13.8 Å². The van der Waals surface area contributed by atoms with Gasteiger partial charge in [0.2, 0.25) is 5.78 Å². The Balaban J connectivity index is -0.000000180. The summed E-state index contributed by atoms with van der Waals surface area (Å²) in [5.74, 6) is -1.57. The van der Waals surface area contributed by atoms with Crippen molar-refractivity contribution >= 4 is 24.7 Å². The van der Waals surface area contributed by atoms with Crippen molar-refractivity contribution in [1.82, 2.24) is 0 Å². The fourth-order valence-corrected chi connectivity index (χ4v) is 0.193. The largest absolute Gasteiger partial charge is 1.00 e.